The minimum atomic E-state index is 0.304. The topological polar surface area (TPSA) is 60.5 Å². The number of nitrogens with zero attached hydrogens (tertiary/aromatic N) is 3. The van der Waals surface area contributed by atoms with E-state index in [2.05, 4.69) is 38.4 Å². The van der Waals surface area contributed by atoms with E-state index in [1.165, 1.54) is 49.3 Å². The van der Waals surface area contributed by atoms with Gasteiger partial charge in [-0.05, 0) is 58.2 Å². The maximum absolute atomic E-state index is 12.6. The molecule has 0 atom stereocenters. The van der Waals surface area contributed by atoms with Crippen LogP contribution in [-0.4, -0.2) is 59.5 Å². The van der Waals surface area contributed by atoms with E-state index in [0.29, 0.717) is 28.7 Å². The van der Waals surface area contributed by atoms with Crippen molar-refractivity contribution in [1.82, 2.24) is 20.1 Å². The van der Waals surface area contributed by atoms with Crippen LogP contribution < -0.4 is 10.6 Å². The van der Waals surface area contributed by atoms with Gasteiger partial charge in [-0.1, -0.05) is 49.1 Å². The van der Waals surface area contributed by atoms with Crippen molar-refractivity contribution in [3.8, 4) is 0 Å². The maximum Gasteiger partial charge on any atom is 0.222 e. The van der Waals surface area contributed by atoms with Crippen LogP contribution in [0.4, 0.5) is 5.13 Å². The van der Waals surface area contributed by atoms with Gasteiger partial charge in [-0.25, -0.2) is 4.98 Å². The van der Waals surface area contributed by atoms with Crippen molar-refractivity contribution in [3.05, 3.63) is 22.4 Å². The molecule has 0 unspecified atom stereocenters. The van der Waals surface area contributed by atoms with Crippen molar-refractivity contribution >= 4 is 34.0 Å². The molecule has 31 heavy (non-hydrogen) atoms. The summed E-state index contributed by atoms with van der Waals surface area (Å²) in [5.74, 6) is 1.47. The summed E-state index contributed by atoms with van der Waals surface area (Å²) in [6, 6.07) is 1.00. The third-order valence-corrected chi connectivity index (χ3v) is 7.41. The van der Waals surface area contributed by atoms with Gasteiger partial charge in [-0.2, -0.15) is 0 Å². The van der Waals surface area contributed by atoms with Gasteiger partial charge in [0.25, 0.3) is 0 Å². The molecule has 3 rings (SSSR count). The molecule has 0 aromatic carbocycles. The lowest BCUT2D eigenvalue weighted by Gasteiger charge is -2.46. The van der Waals surface area contributed by atoms with E-state index < -0.39 is 0 Å². The molecule has 1 aliphatic heterocycles. The Bertz CT molecular complexity index is 711. The van der Waals surface area contributed by atoms with Crippen LogP contribution in [0.1, 0.15) is 71.1 Å². The second-order valence-electron chi connectivity index (χ2n) is 8.61. The zero-order valence-electron chi connectivity index (χ0n) is 19.0. The zero-order valence-corrected chi connectivity index (χ0v) is 20.6. The minimum Gasteiger partial charge on any atom is -0.352 e. The highest BCUT2D eigenvalue weighted by Crippen LogP contribution is 2.33. The third-order valence-electron chi connectivity index (χ3n) is 6.38. The molecule has 1 aliphatic carbocycles. The second kappa shape index (κ2) is 12.7. The van der Waals surface area contributed by atoms with Crippen molar-refractivity contribution in [2.45, 2.75) is 83.2 Å². The van der Waals surface area contributed by atoms with Crippen LogP contribution in [0.25, 0.3) is 0 Å². The highest BCUT2D eigenvalue weighted by molar-refractivity contribution is 7.19. The third kappa shape index (κ3) is 7.09. The summed E-state index contributed by atoms with van der Waals surface area (Å²) in [5, 5.41) is 7.56. The highest BCUT2D eigenvalue weighted by Gasteiger charge is 2.33. The number of anilines is 1. The van der Waals surface area contributed by atoms with Gasteiger partial charge in [-0.15, -0.1) is 0 Å². The van der Waals surface area contributed by atoms with Gasteiger partial charge in [0.05, 0.1) is 6.20 Å². The molecule has 6 nitrogen and oxygen atoms in total. The average Bonchev–Trinajstić information content (AvgIpc) is 3.20. The fourth-order valence-electron chi connectivity index (χ4n) is 4.85. The predicted molar refractivity (Wildman–Crippen MR) is 131 cm³/mol. The Kier molecular flexibility index (Phi) is 9.94. The molecule has 1 saturated carbocycles. The van der Waals surface area contributed by atoms with Crippen LogP contribution >= 0.6 is 22.9 Å². The maximum atomic E-state index is 12.6. The molecule has 0 spiro atoms. The molecule has 1 aromatic heterocycles. The first-order valence-corrected chi connectivity index (χ1v) is 13.1. The van der Waals surface area contributed by atoms with Gasteiger partial charge in [-0.3, -0.25) is 4.79 Å². The lowest BCUT2D eigenvalue weighted by Crippen LogP contribution is -2.51. The molecular formula is C23H38ClN5OS. The minimum absolute atomic E-state index is 0.304. The number of piperidine rings is 1. The highest BCUT2D eigenvalue weighted by atomic mass is 35.5. The van der Waals surface area contributed by atoms with E-state index in [1.54, 1.807) is 6.20 Å². The second-order valence-corrected chi connectivity index (χ2v) is 10.3. The first-order chi connectivity index (χ1) is 15.1. The van der Waals surface area contributed by atoms with Crippen LogP contribution in [0.15, 0.2) is 18.1 Å². The molecule has 8 heteroatoms. The number of carbonyl (C=O) groups excluding carboxylic acids is 1. The van der Waals surface area contributed by atoms with E-state index >= 15 is 0 Å². The molecular weight excluding hydrogens is 430 g/mol. The normalized spacial score (nSPS) is 18.9. The number of thiazole rings is 1. The Labute approximate surface area is 196 Å². The number of likely N-dealkylation sites (tertiary alicyclic amines) is 1. The Hall–Kier alpha value is -1.31. The van der Waals surface area contributed by atoms with Crippen LogP contribution in [0.3, 0.4) is 0 Å². The van der Waals surface area contributed by atoms with Gasteiger partial charge < -0.3 is 20.4 Å². The van der Waals surface area contributed by atoms with Crippen LogP contribution in [0, 0.1) is 0 Å². The molecule has 2 fully saturated rings. The lowest BCUT2D eigenvalue weighted by atomic mass is 9.91. The molecule has 2 N–H and O–H groups in total. The van der Waals surface area contributed by atoms with Crippen molar-refractivity contribution in [2.24, 2.45) is 0 Å². The van der Waals surface area contributed by atoms with Gasteiger partial charge in [0.15, 0.2) is 5.13 Å². The summed E-state index contributed by atoms with van der Waals surface area (Å²) >= 11 is 7.61. The number of allylic oxidation sites excluding steroid dienone is 1. The van der Waals surface area contributed by atoms with E-state index in [4.69, 9.17) is 11.6 Å². The van der Waals surface area contributed by atoms with Gasteiger partial charge in [0.1, 0.15) is 10.2 Å². The molecule has 174 valence electrons. The summed E-state index contributed by atoms with van der Waals surface area (Å²) in [7, 11) is 1.94. The van der Waals surface area contributed by atoms with Crippen molar-refractivity contribution in [3.63, 3.8) is 0 Å². The predicted octanol–water partition coefficient (Wildman–Crippen LogP) is 5.09. The smallest absolute Gasteiger partial charge is 0.222 e. The van der Waals surface area contributed by atoms with Crippen molar-refractivity contribution in [2.75, 3.05) is 32.0 Å². The molecule has 0 radical (unpaired) electrons. The first-order valence-electron chi connectivity index (χ1n) is 11.9. The van der Waals surface area contributed by atoms with E-state index in [0.717, 1.165) is 50.4 Å². The molecule has 1 aromatic rings. The number of aromatic nitrogens is 1. The zero-order chi connectivity index (χ0) is 22.1. The number of hydrogen-bond donors (Lipinski definition) is 2. The molecule has 2 aliphatic rings. The quantitative estimate of drug-likeness (QED) is 0.469. The fourth-order valence-corrected chi connectivity index (χ4v) is 5.67. The molecule has 1 amide bonds. The lowest BCUT2D eigenvalue weighted by molar-refractivity contribution is -0.132. The number of nitrogens with one attached hydrogen (secondary N) is 2. The Balaban J connectivity index is 1.70. The molecule has 0 bridgehead atoms. The van der Waals surface area contributed by atoms with Gasteiger partial charge in [0, 0.05) is 31.6 Å². The summed E-state index contributed by atoms with van der Waals surface area (Å²) in [4.78, 5) is 21.7. The van der Waals surface area contributed by atoms with Crippen LogP contribution in [0.5, 0.6) is 0 Å². The van der Waals surface area contributed by atoms with E-state index in [-0.39, 0.29) is 0 Å². The largest absolute Gasteiger partial charge is 0.352 e. The molecule has 1 saturated heterocycles. The van der Waals surface area contributed by atoms with Crippen LogP contribution in [0.2, 0.25) is 4.34 Å². The first kappa shape index (κ1) is 24.3. The SMILES string of the molecule is CC/C=C(/Nc1ncc(Cl)s1)N(C1CCCCC1)C1CCN(C(=O)CCCNC)CC1. The Morgan fingerprint density at radius 3 is 2.58 bits per heavy atom. The summed E-state index contributed by atoms with van der Waals surface area (Å²) in [6.45, 7) is 4.79. The standard InChI is InChI=1S/C23H38ClN5OS/c1-3-8-21(27-23-26-17-20(24)31-23)29(18-9-5-4-6-10-18)19-12-15-28(16-13-19)22(30)11-7-14-25-2/h8,17-19,25H,3-7,9-16H2,1-2H3,(H,26,27)/b21-8-. The average molecular weight is 468 g/mol. The summed E-state index contributed by atoms with van der Waals surface area (Å²) in [5.41, 5.74) is 0. The number of carbonyl (C=O) groups is 1. The van der Waals surface area contributed by atoms with Crippen LogP contribution in [-0.2, 0) is 4.79 Å². The number of amides is 1. The van der Waals surface area contributed by atoms with Crippen molar-refractivity contribution < 1.29 is 4.79 Å². The number of rotatable bonds is 10. The molecule has 2 heterocycles. The fraction of sp³-hybridized carbons (Fsp3) is 0.739. The van der Waals surface area contributed by atoms with E-state index in [9.17, 15) is 4.79 Å². The van der Waals surface area contributed by atoms with E-state index in [1.807, 2.05) is 7.05 Å². The van der Waals surface area contributed by atoms with Crippen molar-refractivity contribution in [1.29, 1.82) is 0 Å². The van der Waals surface area contributed by atoms with Gasteiger partial charge in [0.2, 0.25) is 5.91 Å². The Morgan fingerprint density at radius 2 is 1.97 bits per heavy atom. The summed E-state index contributed by atoms with van der Waals surface area (Å²) < 4.78 is 0.702. The number of halogens is 1. The monoisotopic (exact) mass is 467 g/mol. The Morgan fingerprint density at radius 1 is 1.26 bits per heavy atom. The summed E-state index contributed by atoms with van der Waals surface area (Å²) in [6.07, 6.45) is 15.0. The number of hydrogen-bond acceptors (Lipinski definition) is 6. The van der Waals surface area contributed by atoms with Gasteiger partial charge >= 0.3 is 0 Å².